The highest BCUT2D eigenvalue weighted by molar-refractivity contribution is 5.77. The number of carbonyl (C=O) groups is 1. The number of nitrogens with zero attached hydrogens (tertiary/aromatic N) is 1. The smallest absolute Gasteiger partial charge is 0.458 e. The summed E-state index contributed by atoms with van der Waals surface area (Å²) in [6.45, 7) is 3.43. The number of aliphatic hydroxyl groups excluding tert-OH is 1. The fraction of sp³-hybridized carbons (Fsp3) is 0.611. The molecule has 150 valence electrons. The zero-order chi connectivity index (χ0) is 20.2. The van der Waals surface area contributed by atoms with Crippen LogP contribution < -0.4 is 4.74 Å². The van der Waals surface area contributed by atoms with E-state index in [1.807, 2.05) is 0 Å². The molecule has 0 saturated carbocycles. The molecule has 0 radical (unpaired) electrons. The Bertz CT molecular complexity index is 747. The molecule has 1 aromatic carbocycles. The first-order valence-electron chi connectivity index (χ1n) is 8.62. The van der Waals surface area contributed by atoms with Crippen molar-refractivity contribution in [1.29, 1.82) is 0 Å². The monoisotopic (exact) mass is 393 g/mol. The number of amides is 1. The van der Waals surface area contributed by atoms with Crippen LogP contribution in [0.25, 0.3) is 0 Å². The Hall–Kier alpha value is -1.90. The van der Waals surface area contributed by atoms with E-state index in [2.05, 4.69) is 0 Å². The molecule has 1 saturated heterocycles. The number of fused-ring (bicyclic) bond motifs is 1. The van der Waals surface area contributed by atoms with Crippen molar-refractivity contribution >= 4 is 5.91 Å². The van der Waals surface area contributed by atoms with Gasteiger partial charge in [0.1, 0.15) is 17.5 Å². The molecule has 9 heteroatoms. The molecule has 2 atom stereocenters. The van der Waals surface area contributed by atoms with Crippen molar-refractivity contribution in [1.82, 2.24) is 4.90 Å². The molecule has 2 aliphatic rings. The van der Waals surface area contributed by atoms with Crippen molar-refractivity contribution in [3.63, 3.8) is 0 Å². The van der Waals surface area contributed by atoms with Gasteiger partial charge in [-0.1, -0.05) is 0 Å². The molecular weight excluding hydrogens is 373 g/mol. The summed E-state index contributed by atoms with van der Waals surface area (Å²) < 4.78 is 71.6. The summed E-state index contributed by atoms with van der Waals surface area (Å²) in [5.41, 5.74) is -2.44. The third-order valence-corrected chi connectivity index (χ3v) is 5.13. The molecule has 1 amide bonds. The number of carbonyl (C=O) groups excluding carboxylic acids is 1. The number of alkyl halides is 5. The van der Waals surface area contributed by atoms with Gasteiger partial charge in [-0.05, 0) is 44.9 Å². The zero-order valence-electron chi connectivity index (χ0n) is 14.8. The summed E-state index contributed by atoms with van der Waals surface area (Å²) in [6.07, 6.45) is -5.49. The van der Waals surface area contributed by atoms with Gasteiger partial charge in [0.25, 0.3) is 0 Å². The standard InChI is InChI=1S/C18H20F5NO3/c1-16(2)15(26)14(24-8-4-3-5-13(24)25)11-9-10(6-7-12(11)27-16)17(19,20)18(21,22)23/h6-7,9,14-15,26H,3-5,8H2,1-2H3/t14-,15+/m0/s1. The second kappa shape index (κ2) is 6.32. The van der Waals surface area contributed by atoms with Crippen LogP contribution in [0.5, 0.6) is 5.75 Å². The quantitative estimate of drug-likeness (QED) is 0.775. The fourth-order valence-corrected chi connectivity index (χ4v) is 3.58. The van der Waals surface area contributed by atoms with Crippen LogP contribution in [0.1, 0.15) is 50.3 Å². The van der Waals surface area contributed by atoms with Crippen molar-refractivity contribution in [3.05, 3.63) is 29.3 Å². The number of benzene rings is 1. The Balaban J connectivity index is 2.13. The summed E-state index contributed by atoms with van der Waals surface area (Å²) in [4.78, 5) is 13.7. The highest BCUT2D eigenvalue weighted by atomic mass is 19.4. The average Bonchev–Trinajstić information content (AvgIpc) is 2.55. The van der Waals surface area contributed by atoms with Crippen LogP contribution in [0, 0.1) is 0 Å². The minimum absolute atomic E-state index is 0.0431. The van der Waals surface area contributed by atoms with Crippen LogP contribution in [0.3, 0.4) is 0 Å². The summed E-state index contributed by atoms with van der Waals surface area (Å²) in [5, 5.41) is 10.7. The molecular formula is C18H20F5NO3. The molecule has 1 N–H and O–H groups in total. The highest BCUT2D eigenvalue weighted by Gasteiger charge is 2.59. The van der Waals surface area contributed by atoms with Gasteiger partial charge in [-0.3, -0.25) is 4.79 Å². The molecule has 2 heterocycles. The van der Waals surface area contributed by atoms with E-state index < -0.39 is 35.4 Å². The molecule has 0 aromatic heterocycles. The van der Waals surface area contributed by atoms with Crippen LogP contribution in [-0.2, 0) is 10.7 Å². The molecule has 27 heavy (non-hydrogen) atoms. The first kappa shape index (κ1) is 19.9. The lowest BCUT2D eigenvalue weighted by Gasteiger charge is -2.47. The van der Waals surface area contributed by atoms with E-state index in [0.29, 0.717) is 25.0 Å². The van der Waals surface area contributed by atoms with Gasteiger partial charge < -0.3 is 14.7 Å². The van der Waals surface area contributed by atoms with E-state index in [0.717, 1.165) is 6.07 Å². The van der Waals surface area contributed by atoms with Crippen LogP contribution >= 0.6 is 0 Å². The number of hydrogen-bond donors (Lipinski definition) is 1. The maximum Gasteiger partial charge on any atom is 0.458 e. The number of hydrogen-bond acceptors (Lipinski definition) is 3. The van der Waals surface area contributed by atoms with Gasteiger partial charge in [0, 0.05) is 24.1 Å². The van der Waals surface area contributed by atoms with E-state index >= 15 is 0 Å². The van der Waals surface area contributed by atoms with Gasteiger partial charge in [0.05, 0.1) is 6.04 Å². The highest BCUT2D eigenvalue weighted by Crippen LogP contribution is 2.49. The summed E-state index contributed by atoms with van der Waals surface area (Å²) >= 11 is 0. The van der Waals surface area contributed by atoms with E-state index in [-0.39, 0.29) is 30.2 Å². The summed E-state index contributed by atoms with van der Waals surface area (Å²) in [6, 6.07) is 1.34. The lowest BCUT2D eigenvalue weighted by atomic mass is 9.83. The number of aliphatic hydroxyl groups is 1. The summed E-state index contributed by atoms with van der Waals surface area (Å²) in [7, 11) is 0. The minimum atomic E-state index is -5.76. The molecule has 2 aliphatic heterocycles. The Labute approximate surface area is 152 Å². The van der Waals surface area contributed by atoms with Crippen molar-refractivity contribution in [2.75, 3.05) is 6.54 Å². The molecule has 0 spiro atoms. The third-order valence-electron chi connectivity index (χ3n) is 5.13. The number of rotatable bonds is 2. The fourth-order valence-electron chi connectivity index (χ4n) is 3.58. The molecule has 4 nitrogen and oxygen atoms in total. The van der Waals surface area contributed by atoms with Crippen LogP contribution in [0.2, 0.25) is 0 Å². The van der Waals surface area contributed by atoms with Gasteiger partial charge in [-0.15, -0.1) is 0 Å². The average molecular weight is 393 g/mol. The van der Waals surface area contributed by atoms with E-state index in [9.17, 15) is 31.9 Å². The zero-order valence-corrected chi connectivity index (χ0v) is 14.8. The molecule has 1 aromatic rings. The van der Waals surface area contributed by atoms with Gasteiger partial charge in [-0.25, -0.2) is 0 Å². The number of likely N-dealkylation sites (tertiary alicyclic amines) is 1. The van der Waals surface area contributed by atoms with E-state index in [4.69, 9.17) is 4.74 Å². The lowest BCUT2D eigenvalue weighted by Crippen LogP contribution is -2.55. The van der Waals surface area contributed by atoms with E-state index in [1.165, 1.54) is 4.90 Å². The maximum absolute atomic E-state index is 13.8. The van der Waals surface area contributed by atoms with Crippen LogP contribution in [0.15, 0.2) is 18.2 Å². The molecule has 0 bridgehead atoms. The first-order valence-corrected chi connectivity index (χ1v) is 8.62. The third kappa shape index (κ3) is 3.26. The molecule has 1 fully saturated rings. The Morgan fingerprint density at radius 3 is 2.44 bits per heavy atom. The van der Waals surface area contributed by atoms with Gasteiger partial charge >= 0.3 is 12.1 Å². The minimum Gasteiger partial charge on any atom is -0.485 e. The molecule has 0 unspecified atom stereocenters. The first-order chi connectivity index (χ1) is 12.4. The van der Waals surface area contributed by atoms with Crippen LogP contribution in [0.4, 0.5) is 22.0 Å². The molecule has 3 rings (SSSR count). The Kier molecular flexibility index (Phi) is 4.65. The Morgan fingerprint density at radius 1 is 1.19 bits per heavy atom. The molecule has 0 aliphatic carbocycles. The number of halogens is 5. The maximum atomic E-state index is 13.8. The number of ether oxygens (including phenoxy) is 1. The van der Waals surface area contributed by atoms with Crippen molar-refractivity contribution in [2.45, 2.75) is 63.0 Å². The van der Waals surface area contributed by atoms with Gasteiger partial charge in [-0.2, -0.15) is 22.0 Å². The second-order valence-electron chi connectivity index (χ2n) is 7.46. The predicted molar refractivity (Wildman–Crippen MR) is 85.4 cm³/mol. The topological polar surface area (TPSA) is 49.8 Å². The van der Waals surface area contributed by atoms with Crippen LogP contribution in [-0.4, -0.2) is 40.3 Å². The Morgan fingerprint density at radius 2 is 1.85 bits per heavy atom. The normalized spacial score (nSPS) is 25.8. The van der Waals surface area contributed by atoms with E-state index in [1.54, 1.807) is 13.8 Å². The second-order valence-corrected chi connectivity index (χ2v) is 7.46. The summed E-state index contributed by atoms with van der Waals surface area (Å²) in [5.74, 6) is -5.26. The van der Waals surface area contributed by atoms with Gasteiger partial charge in [0.2, 0.25) is 5.91 Å². The van der Waals surface area contributed by atoms with Crippen molar-refractivity contribution < 1.29 is 36.6 Å². The largest absolute Gasteiger partial charge is 0.485 e. The lowest BCUT2D eigenvalue weighted by molar-refractivity contribution is -0.289. The van der Waals surface area contributed by atoms with Gasteiger partial charge in [0.15, 0.2) is 0 Å². The SMILES string of the molecule is CC1(C)Oc2ccc(C(F)(F)C(F)(F)F)cc2[C@H](N2CCCCC2=O)[C@H]1O. The van der Waals surface area contributed by atoms with Crippen molar-refractivity contribution in [2.24, 2.45) is 0 Å². The predicted octanol–water partition coefficient (Wildman–Crippen LogP) is 3.93. The number of piperidine rings is 1. The van der Waals surface area contributed by atoms with Crippen molar-refractivity contribution in [3.8, 4) is 5.75 Å².